The average Bonchev–Trinajstić information content (AvgIpc) is 2.37. The van der Waals surface area contributed by atoms with Gasteiger partial charge in [0.05, 0.1) is 19.7 Å². The number of rotatable bonds is 7. The molecule has 1 N–H and O–H groups in total. The van der Waals surface area contributed by atoms with Gasteiger partial charge in [0.25, 0.3) is 0 Å². The lowest BCUT2D eigenvalue weighted by Crippen LogP contribution is -2.37. The largest absolute Gasteiger partial charge is 0.465 e. The van der Waals surface area contributed by atoms with Crippen molar-refractivity contribution in [2.45, 2.75) is 13.5 Å². The Bertz CT molecular complexity index is 406. The first-order valence-electron chi connectivity index (χ1n) is 6.26. The third kappa shape index (κ3) is 6.57. The van der Waals surface area contributed by atoms with Crippen molar-refractivity contribution in [3.8, 4) is 0 Å². The number of carbonyl (C=O) groups excluding carboxylic acids is 2. The number of ether oxygens (including phenoxy) is 1. The Labute approximate surface area is 113 Å². The molecule has 1 aromatic carbocycles. The Morgan fingerprint density at radius 1 is 1.21 bits per heavy atom. The number of esters is 1. The SMILES string of the molecule is CCOC(=O)CN(C)CC(=O)NCc1ccccc1. The summed E-state index contributed by atoms with van der Waals surface area (Å²) in [5.41, 5.74) is 1.05. The molecule has 0 unspecified atom stereocenters. The molecule has 0 fully saturated rings. The molecule has 0 radical (unpaired) electrons. The summed E-state index contributed by atoms with van der Waals surface area (Å²) in [4.78, 5) is 24.5. The van der Waals surface area contributed by atoms with Gasteiger partial charge in [0.15, 0.2) is 0 Å². The van der Waals surface area contributed by atoms with E-state index in [0.29, 0.717) is 13.2 Å². The van der Waals surface area contributed by atoms with Crippen LogP contribution in [0.3, 0.4) is 0 Å². The van der Waals surface area contributed by atoms with Crippen LogP contribution in [0.5, 0.6) is 0 Å². The molecule has 0 atom stereocenters. The lowest BCUT2D eigenvalue weighted by atomic mass is 10.2. The Hall–Kier alpha value is -1.88. The normalized spacial score (nSPS) is 10.3. The van der Waals surface area contributed by atoms with Gasteiger partial charge in [-0.1, -0.05) is 30.3 Å². The third-order valence-corrected chi connectivity index (χ3v) is 2.45. The van der Waals surface area contributed by atoms with Crippen LogP contribution < -0.4 is 5.32 Å². The predicted molar refractivity (Wildman–Crippen MR) is 72.4 cm³/mol. The Balaban J connectivity index is 2.25. The first-order valence-corrected chi connectivity index (χ1v) is 6.26. The minimum absolute atomic E-state index is 0.115. The summed E-state index contributed by atoms with van der Waals surface area (Å²) in [7, 11) is 1.71. The molecule has 1 amide bonds. The number of nitrogens with zero attached hydrogens (tertiary/aromatic N) is 1. The lowest BCUT2D eigenvalue weighted by Gasteiger charge is -2.15. The number of nitrogens with one attached hydrogen (secondary N) is 1. The van der Waals surface area contributed by atoms with Gasteiger partial charge in [-0.2, -0.15) is 0 Å². The number of likely N-dealkylation sites (N-methyl/N-ethyl adjacent to an activating group) is 1. The first kappa shape index (κ1) is 15.2. The van der Waals surface area contributed by atoms with Gasteiger partial charge >= 0.3 is 5.97 Å². The standard InChI is InChI=1S/C14H20N2O3/c1-3-19-14(18)11-16(2)10-13(17)15-9-12-7-5-4-6-8-12/h4-8H,3,9-11H2,1-2H3,(H,15,17). The van der Waals surface area contributed by atoms with Crippen LogP contribution in [0.2, 0.25) is 0 Å². The van der Waals surface area contributed by atoms with Crippen molar-refractivity contribution in [2.75, 3.05) is 26.7 Å². The van der Waals surface area contributed by atoms with Crippen molar-refractivity contribution < 1.29 is 14.3 Å². The highest BCUT2D eigenvalue weighted by atomic mass is 16.5. The van der Waals surface area contributed by atoms with E-state index in [4.69, 9.17) is 4.74 Å². The van der Waals surface area contributed by atoms with Crippen LogP contribution in [0, 0.1) is 0 Å². The molecular weight excluding hydrogens is 244 g/mol. The molecule has 0 saturated heterocycles. The number of carbonyl (C=O) groups is 2. The van der Waals surface area contributed by atoms with Gasteiger partial charge in [-0.15, -0.1) is 0 Å². The van der Waals surface area contributed by atoms with Gasteiger partial charge in [0, 0.05) is 6.54 Å². The van der Waals surface area contributed by atoms with E-state index < -0.39 is 0 Å². The molecule has 0 bridgehead atoms. The first-order chi connectivity index (χ1) is 9.11. The van der Waals surface area contributed by atoms with Crippen LogP contribution in [0.4, 0.5) is 0 Å². The minimum Gasteiger partial charge on any atom is -0.465 e. The van der Waals surface area contributed by atoms with E-state index in [9.17, 15) is 9.59 Å². The maximum Gasteiger partial charge on any atom is 0.320 e. The summed E-state index contributed by atoms with van der Waals surface area (Å²) in [6.07, 6.45) is 0. The molecule has 0 saturated carbocycles. The molecule has 0 aliphatic rings. The van der Waals surface area contributed by atoms with Crippen molar-refractivity contribution in [1.82, 2.24) is 10.2 Å². The Kier molecular flexibility index (Phi) is 6.60. The molecular formula is C14H20N2O3. The van der Waals surface area contributed by atoms with E-state index in [1.165, 1.54) is 0 Å². The lowest BCUT2D eigenvalue weighted by molar-refractivity contribution is -0.144. The fourth-order valence-electron chi connectivity index (χ4n) is 1.58. The highest BCUT2D eigenvalue weighted by molar-refractivity contribution is 5.79. The van der Waals surface area contributed by atoms with Gasteiger partial charge in [-0.3, -0.25) is 14.5 Å². The van der Waals surface area contributed by atoms with Crippen LogP contribution in [0.1, 0.15) is 12.5 Å². The van der Waals surface area contributed by atoms with Crippen LogP contribution in [0.25, 0.3) is 0 Å². The molecule has 0 aromatic heterocycles. The van der Waals surface area contributed by atoms with E-state index in [1.807, 2.05) is 30.3 Å². The maximum absolute atomic E-state index is 11.7. The average molecular weight is 264 g/mol. The fourth-order valence-corrected chi connectivity index (χ4v) is 1.58. The highest BCUT2D eigenvalue weighted by Crippen LogP contribution is 1.97. The second-order valence-corrected chi connectivity index (χ2v) is 4.24. The molecule has 0 aliphatic heterocycles. The van der Waals surface area contributed by atoms with Crippen LogP contribution in [-0.4, -0.2) is 43.5 Å². The number of hydrogen-bond donors (Lipinski definition) is 1. The predicted octanol–water partition coefficient (Wildman–Crippen LogP) is 0.798. The number of amides is 1. The molecule has 104 valence electrons. The maximum atomic E-state index is 11.7. The monoisotopic (exact) mass is 264 g/mol. The Morgan fingerprint density at radius 2 is 1.89 bits per heavy atom. The fraction of sp³-hybridized carbons (Fsp3) is 0.429. The van der Waals surface area contributed by atoms with E-state index in [2.05, 4.69) is 5.32 Å². The molecule has 0 aliphatic carbocycles. The summed E-state index contributed by atoms with van der Waals surface area (Å²) in [6.45, 7) is 2.89. The van der Waals surface area contributed by atoms with Gasteiger partial charge in [-0.05, 0) is 19.5 Å². The topological polar surface area (TPSA) is 58.6 Å². The summed E-state index contributed by atoms with van der Waals surface area (Å²) in [6, 6.07) is 9.67. The van der Waals surface area contributed by atoms with Gasteiger partial charge in [-0.25, -0.2) is 0 Å². The van der Waals surface area contributed by atoms with Crippen molar-refractivity contribution in [1.29, 1.82) is 0 Å². The number of hydrogen-bond acceptors (Lipinski definition) is 4. The molecule has 5 heteroatoms. The highest BCUT2D eigenvalue weighted by Gasteiger charge is 2.10. The van der Waals surface area contributed by atoms with Crippen LogP contribution in [-0.2, 0) is 20.9 Å². The quantitative estimate of drug-likeness (QED) is 0.740. The van der Waals surface area contributed by atoms with Gasteiger partial charge in [0.2, 0.25) is 5.91 Å². The summed E-state index contributed by atoms with van der Waals surface area (Å²) in [5, 5.41) is 2.80. The Morgan fingerprint density at radius 3 is 2.53 bits per heavy atom. The minimum atomic E-state index is -0.319. The smallest absolute Gasteiger partial charge is 0.320 e. The van der Waals surface area contributed by atoms with E-state index in [-0.39, 0.29) is 25.0 Å². The van der Waals surface area contributed by atoms with E-state index in [1.54, 1.807) is 18.9 Å². The van der Waals surface area contributed by atoms with Crippen molar-refractivity contribution in [2.24, 2.45) is 0 Å². The molecule has 19 heavy (non-hydrogen) atoms. The van der Waals surface area contributed by atoms with Crippen molar-refractivity contribution >= 4 is 11.9 Å². The van der Waals surface area contributed by atoms with Crippen molar-refractivity contribution in [3.63, 3.8) is 0 Å². The van der Waals surface area contributed by atoms with E-state index in [0.717, 1.165) is 5.56 Å². The molecule has 5 nitrogen and oxygen atoms in total. The zero-order chi connectivity index (χ0) is 14.1. The van der Waals surface area contributed by atoms with Crippen LogP contribution >= 0.6 is 0 Å². The van der Waals surface area contributed by atoms with Crippen LogP contribution in [0.15, 0.2) is 30.3 Å². The van der Waals surface area contributed by atoms with Gasteiger partial charge < -0.3 is 10.1 Å². The third-order valence-electron chi connectivity index (χ3n) is 2.45. The summed E-state index contributed by atoms with van der Waals surface area (Å²) < 4.78 is 4.81. The zero-order valence-corrected chi connectivity index (χ0v) is 11.4. The van der Waals surface area contributed by atoms with E-state index >= 15 is 0 Å². The zero-order valence-electron chi connectivity index (χ0n) is 11.4. The molecule has 0 heterocycles. The second-order valence-electron chi connectivity index (χ2n) is 4.24. The van der Waals surface area contributed by atoms with Crippen molar-refractivity contribution in [3.05, 3.63) is 35.9 Å². The number of benzene rings is 1. The summed E-state index contributed by atoms with van der Waals surface area (Å²) >= 11 is 0. The summed E-state index contributed by atoms with van der Waals surface area (Å²) in [5.74, 6) is -0.434. The second kappa shape index (κ2) is 8.26. The molecule has 1 rings (SSSR count). The molecule has 1 aromatic rings. The van der Waals surface area contributed by atoms with Gasteiger partial charge in [0.1, 0.15) is 0 Å². The molecule has 0 spiro atoms.